The molecule has 3 aromatic carbocycles. The Labute approximate surface area is 208 Å². The molecule has 0 bridgehead atoms. The van der Waals surface area contributed by atoms with E-state index in [1.54, 1.807) is 12.1 Å². The fraction of sp³-hybridized carbons (Fsp3) is 0.323. The molecule has 0 amide bonds. The first-order valence-corrected chi connectivity index (χ1v) is 12.7. The number of aryl methyl sites for hydroxylation is 1. The number of fused-ring (bicyclic) bond motifs is 1. The van der Waals surface area contributed by atoms with Crippen LogP contribution in [0.2, 0.25) is 0 Å². The number of Topliss-reactive ketones (excluding diaryl/α,β-unsaturated/α-hetero) is 1. The molecule has 0 aromatic heterocycles. The number of carbonyl (C=O) groups excluding carboxylic acids is 1. The minimum Gasteiger partial charge on any atom is -0.507 e. The number of rotatable bonds is 10. The molecule has 4 nitrogen and oxygen atoms in total. The van der Waals surface area contributed by atoms with Crippen LogP contribution in [0.4, 0.5) is 0 Å². The minimum absolute atomic E-state index is 0.125. The summed E-state index contributed by atoms with van der Waals surface area (Å²) in [6.45, 7) is 8.72. The summed E-state index contributed by atoms with van der Waals surface area (Å²) in [7, 11) is 0. The number of hydrogen-bond acceptors (Lipinski definition) is 4. The largest absolute Gasteiger partial charge is 0.507 e. The molecule has 0 saturated carbocycles. The van der Waals surface area contributed by atoms with E-state index in [0.717, 1.165) is 61.0 Å². The Hall–Kier alpha value is -3.37. The summed E-state index contributed by atoms with van der Waals surface area (Å²) in [5, 5.41) is 10.8. The summed E-state index contributed by atoms with van der Waals surface area (Å²) in [4.78, 5) is 15.7. The summed E-state index contributed by atoms with van der Waals surface area (Å²) in [5.41, 5.74) is 5.18. The van der Waals surface area contributed by atoms with E-state index in [1.807, 2.05) is 37.3 Å². The number of unbranched alkanes of at least 4 members (excludes halogenated alkanes) is 2. The first-order valence-electron chi connectivity index (χ1n) is 12.7. The lowest BCUT2D eigenvalue weighted by Crippen LogP contribution is -2.26. The highest BCUT2D eigenvalue weighted by atomic mass is 16.5. The smallest absolute Gasteiger partial charge is 0.232 e. The summed E-state index contributed by atoms with van der Waals surface area (Å²) in [6, 6.07) is 20.0. The van der Waals surface area contributed by atoms with Gasteiger partial charge < -0.3 is 9.84 Å². The third-order valence-corrected chi connectivity index (χ3v) is 6.57. The molecular weight excluding hydrogens is 434 g/mol. The van der Waals surface area contributed by atoms with E-state index in [-0.39, 0.29) is 11.5 Å². The lowest BCUT2D eigenvalue weighted by Gasteiger charge is -2.23. The van der Waals surface area contributed by atoms with E-state index < -0.39 is 0 Å². The highest BCUT2D eigenvalue weighted by Crippen LogP contribution is 2.42. The van der Waals surface area contributed by atoms with Crippen molar-refractivity contribution in [3.05, 3.63) is 88.7 Å². The first-order chi connectivity index (χ1) is 17.0. The van der Waals surface area contributed by atoms with Gasteiger partial charge in [-0.3, -0.25) is 9.69 Å². The molecule has 0 unspecified atom stereocenters. The second-order valence-electron chi connectivity index (χ2n) is 9.31. The molecule has 182 valence electrons. The molecule has 3 aromatic rings. The van der Waals surface area contributed by atoms with Gasteiger partial charge in [0.05, 0.1) is 11.1 Å². The minimum atomic E-state index is -0.125. The third kappa shape index (κ3) is 5.66. The van der Waals surface area contributed by atoms with Crippen LogP contribution in [0.25, 0.3) is 17.2 Å². The molecule has 0 saturated heterocycles. The molecule has 1 aliphatic rings. The van der Waals surface area contributed by atoms with Crippen molar-refractivity contribution in [2.45, 2.75) is 53.0 Å². The maximum Gasteiger partial charge on any atom is 0.232 e. The van der Waals surface area contributed by atoms with Crippen LogP contribution in [0.3, 0.4) is 0 Å². The van der Waals surface area contributed by atoms with Crippen molar-refractivity contribution in [2.75, 3.05) is 13.1 Å². The topological polar surface area (TPSA) is 49.8 Å². The zero-order chi connectivity index (χ0) is 24.8. The number of nitrogens with zero attached hydrogens (tertiary/aromatic N) is 1. The standard InChI is InChI=1S/C31H35NO3/c1-4-6-17-32(18-7-5-2)21-26-27(33)19-22(3)29-30(34)28(35-31(26)29)20-23-13-15-25(16-14-23)24-11-9-8-10-12-24/h8-16,19-20,33H,4-7,17-18,21H2,1-3H3/b28-20+. The molecule has 35 heavy (non-hydrogen) atoms. The van der Waals surface area contributed by atoms with Crippen molar-refractivity contribution in [3.8, 4) is 22.6 Å². The van der Waals surface area contributed by atoms with Crippen molar-refractivity contribution >= 4 is 11.9 Å². The van der Waals surface area contributed by atoms with Gasteiger partial charge in [0.25, 0.3) is 0 Å². The SMILES string of the molecule is CCCCN(CCCC)Cc1c(O)cc(C)c2c1O/C(=C/c1ccc(-c3ccccc3)cc1)C2=O. The normalized spacial score (nSPS) is 13.9. The van der Waals surface area contributed by atoms with Crippen molar-refractivity contribution < 1.29 is 14.6 Å². The molecule has 1 N–H and O–H groups in total. The van der Waals surface area contributed by atoms with Gasteiger partial charge in [-0.1, -0.05) is 81.3 Å². The van der Waals surface area contributed by atoms with E-state index in [0.29, 0.717) is 29.2 Å². The predicted octanol–water partition coefficient (Wildman–Crippen LogP) is 7.39. The molecule has 0 atom stereocenters. The predicted molar refractivity (Wildman–Crippen MR) is 143 cm³/mol. The second kappa shape index (κ2) is 11.4. The maximum atomic E-state index is 13.3. The van der Waals surface area contributed by atoms with E-state index in [4.69, 9.17) is 4.74 Å². The fourth-order valence-electron chi connectivity index (χ4n) is 4.54. The number of ether oxygens (including phenoxy) is 1. The highest BCUT2D eigenvalue weighted by Gasteiger charge is 2.33. The summed E-state index contributed by atoms with van der Waals surface area (Å²) < 4.78 is 6.17. The van der Waals surface area contributed by atoms with Gasteiger partial charge in [0.2, 0.25) is 5.78 Å². The molecule has 1 heterocycles. The molecule has 0 fully saturated rings. The number of benzene rings is 3. The van der Waals surface area contributed by atoms with Gasteiger partial charge in [0.1, 0.15) is 11.5 Å². The summed E-state index contributed by atoms with van der Waals surface area (Å²) >= 11 is 0. The van der Waals surface area contributed by atoms with Crippen molar-refractivity contribution in [1.82, 2.24) is 4.90 Å². The Morgan fingerprint density at radius 3 is 2.17 bits per heavy atom. The van der Waals surface area contributed by atoms with Gasteiger partial charge in [0, 0.05) is 6.54 Å². The molecule has 0 aliphatic carbocycles. The van der Waals surface area contributed by atoms with Crippen LogP contribution in [0.1, 0.15) is 66.6 Å². The molecule has 4 rings (SSSR count). The van der Waals surface area contributed by atoms with Crippen LogP contribution < -0.4 is 4.74 Å². The Morgan fingerprint density at radius 2 is 1.54 bits per heavy atom. The van der Waals surface area contributed by atoms with Crippen molar-refractivity contribution in [2.24, 2.45) is 0 Å². The number of hydrogen-bond donors (Lipinski definition) is 1. The lowest BCUT2D eigenvalue weighted by molar-refractivity contribution is 0.101. The third-order valence-electron chi connectivity index (χ3n) is 6.57. The number of phenols is 1. The van der Waals surface area contributed by atoms with Crippen LogP contribution in [-0.4, -0.2) is 28.9 Å². The number of phenolic OH excluding ortho intramolecular Hbond substituents is 1. The van der Waals surface area contributed by atoms with Crippen molar-refractivity contribution in [1.29, 1.82) is 0 Å². The van der Waals surface area contributed by atoms with Crippen LogP contribution in [0.5, 0.6) is 11.5 Å². The Morgan fingerprint density at radius 1 is 0.914 bits per heavy atom. The van der Waals surface area contributed by atoms with Gasteiger partial charge in [-0.05, 0) is 67.3 Å². The van der Waals surface area contributed by atoms with Gasteiger partial charge in [-0.25, -0.2) is 0 Å². The number of carbonyl (C=O) groups is 1. The van der Waals surface area contributed by atoms with E-state index in [1.165, 1.54) is 0 Å². The molecule has 1 aliphatic heterocycles. The van der Waals surface area contributed by atoms with E-state index >= 15 is 0 Å². The number of aromatic hydroxyl groups is 1. The summed E-state index contributed by atoms with van der Waals surface area (Å²) in [6.07, 6.45) is 6.23. The van der Waals surface area contributed by atoms with E-state index in [2.05, 4.69) is 43.0 Å². The van der Waals surface area contributed by atoms with Crippen LogP contribution in [-0.2, 0) is 6.54 Å². The van der Waals surface area contributed by atoms with Crippen LogP contribution in [0.15, 0.2) is 66.4 Å². The second-order valence-corrected chi connectivity index (χ2v) is 9.31. The Bertz CT molecular complexity index is 1190. The van der Waals surface area contributed by atoms with Gasteiger partial charge in [-0.15, -0.1) is 0 Å². The van der Waals surface area contributed by atoms with Crippen LogP contribution in [0, 0.1) is 6.92 Å². The number of ketones is 1. The monoisotopic (exact) mass is 469 g/mol. The van der Waals surface area contributed by atoms with Gasteiger partial charge >= 0.3 is 0 Å². The van der Waals surface area contributed by atoms with Crippen LogP contribution >= 0.6 is 0 Å². The zero-order valence-electron chi connectivity index (χ0n) is 21.0. The molecule has 4 heteroatoms. The van der Waals surface area contributed by atoms with Gasteiger partial charge in [-0.2, -0.15) is 0 Å². The Kier molecular flexibility index (Phi) is 8.04. The maximum absolute atomic E-state index is 13.3. The van der Waals surface area contributed by atoms with E-state index in [9.17, 15) is 9.90 Å². The Balaban J connectivity index is 1.61. The summed E-state index contributed by atoms with van der Waals surface area (Å²) in [5.74, 6) is 0.883. The first kappa shape index (κ1) is 24.7. The fourth-order valence-corrected chi connectivity index (χ4v) is 4.54. The molecular formula is C31H35NO3. The molecule has 0 radical (unpaired) electrons. The highest BCUT2D eigenvalue weighted by molar-refractivity contribution is 6.15. The average molecular weight is 470 g/mol. The quantitative estimate of drug-likeness (QED) is 0.315. The lowest BCUT2D eigenvalue weighted by atomic mass is 9.98. The van der Waals surface area contributed by atoms with Gasteiger partial charge in [0.15, 0.2) is 5.76 Å². The average Bonchev–Trinajstić information content (AvgIpc) is 3.20. The zero-order valence-corrected chi connectivity index (χ0v) is 21.0. The number of allylic oxidation sites excluding steroid dienone is 1. The van der Waals surface area contributed by atoms with Crippen molar-refractivity contribution in [3.63, 3.8) is 0 Å². The molecule has 0 spiro atoms.